The summed E-state index contributed by atoms with van der Waals surface area (Å²) < 4.78 is 4.66. The van der Waals surface area contributed by atoms with Gasteiger partial charge in [0.05, 0.1) is 12.4 Å². The predicted octanol–water partition coefficient (Wildman–Crippen LogP) is -1.19. The number of carbonyl (C=O) groups excluding carboxylic acids is 2. The second kappa shape index (κ2) is 8.82. The molecule has 0 saturated carbocycles. The standard InChI is InChI=1S/C9H16N2O5S/c1-16-4-6(9(14)15)11-8(13)2-3-17-5-7(10)12/h6H,2-5H2,1H3,(H2,10,12)(H,11,13)(H,14,15). The van der Waals surface area contributed by atoms with Crippen molar-refractivity contribution in [2.75, 3.05) is 25.2 Å². The Bertz CT molecular complexity index is 285. The Labute approximate surface area is 103 Å². The minimum atomic E-state index is -1.15. The van der Waals surface area contributed by atoms with Crippen LogP contribution in [0, 0.1) is 0 Å². The number of rotatable bonds is 9. The monoisotopic (exact) mass is 264 g/mol. The summed E-state index contributed by atoms with van der Waals surface area (Å²) in [5, 5.41) is 11.0. The SMILES string of the molecule is COCC(NC(=O)CCSCC(N)=O)C(=O)O. The minimum absolute atomic E-state index is 0.0878. The highest BCUT2D eigenvalue weighted by Crippen LogP contribution is 2.01. The average Bonchev–Trinajstić information content (AvgIpc) is 2.23. The first-order valence-corrected chi connectivity index (χ1v) is 6.00. The zero-order valence-electron chi connectivity index (χ0n) is 9.47. The van der Waals surface area contributed by atoms with Crippen LogP contribution in [-0.4, -0.2) is 54.2 Å². The molecule has 0 aliphatic carbocycles. The van der Waals surface area contributed by atoms with Crippen LogP contribution < -0.4 is 11.1 Å². The van der Waals surface area contributed by atoms with Gasteiger partial charge in [0, 0.05) is 19.3 Å². The lowest BCUT2D eigenvalue weighted by atomic mass is 10.3. The van der Waals surface area contributed by atoms with Crippen molar-refractivity contribution in [1.82, 2.24) is 5.32 Å². The Morgan fingerprint density at radius 1 is 1.47 bits per heavy atom. The molecule has 0 heterocycles. The quantitative estimate of drug-likeness (QED) is 0.451. The van der Waals surface area contributed by atoms with Gasteiger partial charge in [0.15, 0.2) is 6.04 Å². The van der Waals surface area contributed by atoms with E-state index < -0.39 is 23.8 Å². The van der Waals surface area contributed by atoms with E-state index in [-0.39, 0.29) is 18.8 Å². The number of carboxylic acids is 1. The number of thioether (sulfide) groups is 1. The highest BCUT2D eigenvalue weighted by molar-refractivity contribution is 7.99. The molecule has 0 spiro atoms. The fourth-order valence-electron chi connectivity index (χ4n) is 0.945. The Balaban J connectivity index is 3.82. The summed E-state index contributed by atoms with van der Waals surface area (Å²) in [4.78, 5) is 32.4. The van der Waals surface area contributed by atoms with Crippen LogP contribution in [0.4, 0.5) is 0 Å². The van der Waals surface area contributed by atoms with Crippen LogP contribution in [0.2, 0.25) is 0 Å². The zero-order valence-corrected chi connectivity index (χ0v) is 10.3. The third-order valence-electron chi connectivity index (χ3n) is 1.68. The fourth-order valence-corrected chi connectivity index (χ4v) is 1.62. The molecule has 0 fully saturated rings. The van der Waals surface area contributed by atoms with Crippen LogP contribution >= 0.6 is 11.8 Å². The first-order valence-electron chi connectivity index (χ1n) is 4.84. The lowest BCUT2D eigenvalue weighted by molar-refractivity contribution is -0.143. The predicted molar refractivity (Wildman–Crippen MR) is 62.6 cm³/mol. The minimum Gasteiger partial charge on any atom is -0.480 e. The molecule has 7 nitrogen and oxygen atoms in total. The van der Waals surface area contributed by atoms with Gasteiger partial charge in [-0.1, -0.05) is 0 Å². The van der Waals surface area contributed by atoms with Gasteiger partial charge in [-0.2, -0.15) is 11.8 Å². The number of primary amides is 1. The molecule has 0 rings (SSSR count). The maximum atomic E-state index is 11.3. The van der Waals surface area contributed by atoms with Crippen molar-refractivity contribution in [2.24, 2.45) is 5.73 Å². The molecule has 0 bridgehead atoms. The average molecular weight is 264 g/mol. The van der Waals surface area contributed by atoms with Crippen LogP contribution in [0.15, 0.2) is 0 Å². The molecule has 0 aliphatic heterocycles. The first-order chi connectivity index (χ1) is 7.97. The van der Waals surface area contributed by atoms with Crippen LogP contribution in [-0.2, 0) is 19.1 Å². The normalized spacial score (nSPS) is 11.8. The molecule has 1 unspecified atom stereocenters. The summed E-state index contributed by atoms with van der Waals surface area (Å²) in [6.07, 6.45) is 0.130. The van der Waals surface area contributed by atoms with Crippen molar-refractivity contribution in [3.8, 4) is 0 Å². The molecule has 1 atom stereocenters. The number of carboxylic acid groups (broad SMARTS) is 1. The molecular formula is C9H16N2O5S. The number of amides is 2. The number of ether oxygens (including phenoxy) is 1. The summed E-state index contributed by atoms with van der Waals surface area (Å²) in [5.74, 6) is -1.43. The van der Waals surface area contributed by atoms with Gasteiger partial charge < -0.3 is 20.9 Å². The van der Waals surface area contributed by atoms with Crippen LogP contribution in [0.1, 0.15) is 6.42 Å². The number of nitrogens with two attached hydrogens (primary N) is 1. The van der Waals surface area contributed by atoms with Crippen molar-refractivity contribution < 1.29 is 24.2 Å². The van der Waals surface area contributed by atoms with Crippen molar-refractivity contribution in [3.63, 3.8) is 0 Å². The van der Waals surface area contributed by atoms with E-state index in [1.54, 1.807) is 0 Å². The number of hydrogen-bond donors (Lipinski definition) is 3. The van der Waals surface area contributed by atoms with Gasteiger partial charge in [-0.3, -0.25) is 9.59 Å². The van der Waals surface area contributed by atoms with Crippen molar-refractivity contribution >= 4 is 29.5 Å². The maximum absolute atomic E-state index is 11.3. The van der Waals surface area contributed by atoms with Crippen molar-refractivity contribution in [1.29, 1.82) is 0 Å². The van der Waals surface area contributed by atoms with E-state index in [1.165, 1.54) is 18.9 Å². The van der Waals surface area contributed by atoms with Gasteiger partial charge in [0.2, 0.25) is 11.8 Å². The Morgan fingerprint density at radius 3 is 2.59 bits per heavy atom. The van der Waals surface area contributed by atoms with E-state index in [0.717, 1.165) is 0 Å². The van der Waals surface area contributed by atoms with E-state index in [2.05, 4.69) is 10.1 Å². The summed E-state index contributed by atoms with van der Waals surface area (Å²) in [5.41, 5.74) is 4.91. The number of hydrogen-bond acceptors (Lipinski definition) is 5. The third kappa shape index (κ3) is 8.52. The van der Waals surface area contributed by atoms with E-state index in [1.807, 2.05) is 0 Å². The van der Waals surface area contributed by atoms with Gasteiger partial charge in [-0.15, -0.1) is 0 Å². The summed E-state index contributed by atoms with van der Waals surface area (Å²) in [6.45, 7) is -0.0878. The van der Waals surface area contributed by atoms with Crippen LogP contribution in [0.3, 0.4) is 0 Å². The second-order valence-corrected chi connectivity index (χ2v) is 4.29. The molecule has 17 heavy (non-hydrogen) atoms. The largest absolute Gasteiger partial charge is 0.480 e. The fraction of sp³-hybridized carbons (Fsp3) is 0.667. The van der Waals surface area contributed by atoms with E-state index >= 15 is 0 Å². The molecule has 98 valence electrons. The number of methoxy groups -OCH3 is 1. The maximum Gasteiger partial charge on any atom is 0.328 e. The molecular weight excluding hydrogens is 248 g/mol. The molecule has 0 aromatic rings. The second-order valence-electron chi connectivity index (χ2n) is 3.18. The van der Waals surface area contributed by atoms with E-state index in [4.69, 9.17) is 10.8 Å². The number of carbonyl (C=O) groups is 3. The molecule has 0 aliphatic rings. The molecule has 4 N–H and O–H groups in total. The van der Waals surface area contributed by atoms with E-state index in [0.29, 0.717) is 5.75 Å². The number of aliphatic carboxylic acids is 1. The van der Waals surface area contributed by atoms with Gasteiger partial charge in [-0.05, 0) is 0 Å². The van der Waals surface area contributed by atoms with Crippen molar-refractivity contribution in [2.45, 2.75) is 12.5 Å². The molecule has 0 radical (unpaired) electrons. The molecule has 0 saturated heterocycles. The molecule has 0 aromatic heterocycles. The lowest BCUT2D eigenvalue weighted by Gasteiger charge is -2.13. The van der Waals surface area contributed by atoms with Crippen molar-refractivity contribution in [3.05, 3.63) is 0 Å². The van der Waals surface area contributed by atoms with Crippen LogP contribution in [0.5, 0.6) is 0 Å². The number of nitrogens with one attached hydrogen (secondary N) is 1. The van der Waals surface area contributed by atoms with Gasteiger partial charge in [-0.25, -0.2) is 4.79 Å². The van der Waals surface area contributed by atoms with Crippen LogP contribution in [0.25, 0.3) is 0 Å². The molecule has 8 heteroatoms. The summed E-state index contributed by atoms with van der Waals surface area (Å²) in [6, 6.07) is -1.05. The Hall–Kier alpha value is -1.28. The highest BCUT2D eigenvalue weighted by atomic mass is 32.2. The Morgan fingerprint density at radius 2 is 2.12 bits per heavy atom. The van der Waals surface area contributed by atoms with Gasteiger partial charge in [0.1, 0.15) is 0 Å². The third-order valence-corrected chi connectivity index (χ3v) is 2.67. The lowest BCUT2D eigenvalue weighted by Crippen LogP contribution is -2.43. The first kappa shape index (κ1) is 15.7. The highest BCUT2D eigenvalue weighted by Gasteiger charge is 2.19. The van der Waals surface area contributed by atoms with E-state index in [9.17, 15) is 14.4 Å². The zero-order chi connectivity index (χ0) is 13.3. The molecule has 2 amide bonds. The molecule has 0 aromatic carbocycles. The smallest absolute Gasteiger partial charge is 0.328 e. The topological polar surface area (TPSA) is 119 Å². The Kier molecular flexibility index (Phi) is 8.16. The van der Waals surface area contributed by atoms with Gasteiger partial charge in [0.25, 0.3) is 0 Å². The van der Waals surface area contributed by atoms with Gasteiger partial charge >= 0.3 is 5.97 Å². The summed E-state index contributed by atoms with van der Waals surface area (Å²) in [7, 11) is 1.35. The summed E-state index contributed by atoms with van der Waals surface area (Å²) >= 11 is 1.22.